The third kappa shape index (κ3) is 5.83. The predicted octanol–water partition coefficient (Wildman–Crippen LogP) is 2.80. The molecule has 2 heterocycles. The maximum absolute atomic E-state index is 9.22. The standard InChI is InChI=1S/C17H24N4O2/c1-2-3-6-14(8-10-22)21-17-16(11-18-13-20-17)23-12-15-7-4-5-9-19-15/h4-5,7,9,11,13-14,22H,2-3,6,8,10,12H2,1H3,(H,18,20,21)/t14-/m0/s1. The van der Waals surface area contributed by atoms with Crippen molar-refractivity contribution in [2.75, 3.05) is 11.9 Å². The molecule has 0 radical (unpaired) electrons. The second-order valence-electron chi connectivity index (χ2n) is 5.34. The van der Waals surface area contributed by atoms with Gasteiger partial charge in [0.25, 0.3) is 0 Å². The van der Waals surface area contributed by atoms with Crippen molar-refractivity contribution in [1.29, 1.82) is 0 Å². The zero-order chi connectivity index (χ0) is 16.3. The maximum Gasteiger partial charge on any atom is 0.180 e. The lowest BCUT2D eigenvalue weighted by molar-refractivity contribution is 0.275. The van der Waals surface area contributed by atoms with Gasteiger partial charge in [0.15, 0.2) is 11.6 Å². The molecule has 0 amide bonds. The van der Waals surface area contributed by atoms with E-state index in [1.165, 1.54) is 6.33 Å². The molecule has 0 fully saturated rings. The fourth-order valence-corrected chi connectivity index (χ4v) is 2.25. The Morgan fingerprint density at radius 2 is 2.17 bits per heavy atom. The number of nitrogens with zero attached hydrogens (tertiary/aromatic N) is 3. The molecule has 0 aliphatic heterocycles. The van der Waals surface area contributed by atoms with Crippen molar-refractivity contribution in [2.24, 2.45) is 0 Å². The SMILES string of the molecule is CCCC[C@@H](CCO)Nc1ncncc1OCc1ccccn1. The Morgan fingerprint density at radius 3 is 2.91 bits per heavy atom. The van der Waals surface area contributed by atoms with Crippen molar-refractivity contribution >= 4 is 5.82 Å². The molecule has 0 spiro atoms. The van der Waals surface area contributed by atoms with Gasteiger partial charge in [0.05, 0.1) is 11.9 Å². The number of unbranched alkanes of at least 4 members (excludes halogenated alkanes) is 1. The van der Waals surface area contributed by atoms with Crippen LogP contribution in [0, 0.1) is 0 Å². The van der Waals surface area contributed by atoms with Crippen LogP contribution in [0.5, 0.6) is 5.75 Å². The van der Waals surface area contributed by atoms with Gasteiger partial charge in [-0.3, -0.25) is 4.98 Å². The van der Waals surface area contributed by atoms with E-state index in [0.29, 0.717) is 24.6 Å². The van der Waals surface area contributed by atoms with Gasteiger partial charge in [-0.25, -0.2) is 9.97 Å². The molecule has 0 bridgehead atoms. The summed E-state index contributed by atoms with van der Waals surface area (Å²) in [4.78, 5) is 12.5. The van der Waals surface area contributed by atoms with Gasteiger partial charge in [-0.2, -0.15) is 0 Å². The van der Waals surface area contributed by atoms with Gasteiger partial charge in [-0.05, 0) is 25.0 Å². The van der Waals surface area contributed by atoms with E-state index >= 15 is 0 Å². The summed E-state index contributed by atoms with van der Waals surface area (Å²) < 4.78 is 5.79. The van der Waals surface area contributed by atoms with Crippen molar-refractivity contribution in [3.05, 3.63) is 42.6 Å². The molecule has 0 saturated heterocycles. The van der Waals surface area contributed by atoms with Crippen LogP contribution in [0.1, 0.15) is 38.3 Å². The second kappa shape index (κ2) is 9.74. The average molecular weight is 316 g/mol. The van der Waals surface area contributed by atoms with Crippen LogP contribution in [0.15, 0.2) is 36.9 Å². The molecule has 23 heavy (non-hydrogen) atoms. The minimum Gasteiger partial charge on any atom is -0.482 e. The van der Waals surface area contributed by atoms with Crippen LogP contribution in [0.25, 0.3) is 0 Å². The summed E-state index contributed by atoms with van der Waals surface area (Å²) >= 11 is 0. The van der Waals surface area contributed by atoms with E-state index in [4.69, 9.17) is 4.74 Å². The van der Waals surface area contributed by atoms with Crippen molar-refractivity contribution in [3.63, 3.8) is 0 Å². The number of hydrogen-bond donors (Lipinski definition) is 2. The molecule has 6 nitrogen and oxygen atoms in total. The molecular formula is C17H24N4O2. The van der Waals surface area contributed by atoms with Crippen LogP contribution in [-0.2, 0) is 6.61 Å². The highest BCUT2D eigenvalue weighted by Gasteiger charge is 2.12. The number of aliphatic hydroxyl groups is 1. The Kier molecular flexibility index (Phi) is 7.26. The Morgan fingerprint density at radius 1 is 1.26 bits per heavy atom. The molecule has 2 aromatic rings. The molecule has 2 rings (SSSR count). The summed E-state index contributed by atoms with van der Waals surface area (Å²) in [7, 11) is 0. The summed E-state index contributed by atoms with van der Waals surface area (Å²) in [6, 6.07) is 5.88. The minimum atomic E-state index is 0.149. The van der Waals surface area contributed by atoms with E-state index in [1.54, 1.807) is 12.4 Å². The van der Waals surface area contributed by atoms with Gasteiger partial charge in [-0.15, -0.1) is 0 Å². The van der Waals surface area contributed by atoms with E-state index in [9.17, 15) is 5.11 Å². The van der Waals surface area contributed by atoms with Crippen molar-refractivity contribution in [2.45, 2.75) is 45.3 Å². The van der Waals surface area contributed by atoms with Gasteiger partial charge in [0, 0.05) is 18.8 Å². The van der Waals surface area contributed by atoms with Gasteiger partial charge in [-0.1, -0.05) is 25.8 Å². The summed E-state index contributed by atoms with van der Waals surface area (Å²) in [6.07, 6.45) is 8.77. The fourth-order valence-electron chi connectivity index (χ4n) is 2.25. The number of aromatic nitrogens is 3. The number of rotatable bonds is 10. The number of pyridine rings is 1. The molecule has 1 atom stereocenters. The zero-order valence-corrected chi connectivity index (χ0v) is 13.5. The summed E-state index contributed by atoms with van der Waals surface area (Å²) in [5.74, 6) is 1.25. The minimum absolute atomic E-state index is 0.149. The number of nitrogens with one attached hydrogen (secondary N) is 1. The third-order valence-corrected chi connectivity index (χ3v) is 3.50. The Hall–Kier alpha value is -2.21. The first-order valence-electron chi connectivity index (χ1n) is 8.03. The number of ether oxygens (including phenoxy) is 1. The molecule has 2 aromatic heterocycles. The van der Waals surface area contributed by atoms with Crippen LogP contribution in [0.3, 0.4) is 0 Å². The predicted molar refractivity (Wildman–Crippen MR) is 89.2 cm³/mol. The van der Waals surface area contributed by atoms with Crippen molar-refractivity contribution in [3.8, 4) is 5.75 Å². The monoisotopic (exact) mass is 316 g/mol. The van der Waals surface area contributed by atoms with Crippen LogP contribution in [0.2, 0.25) is 0 Å². The molecule has 124 valence electrons. The van der Waals surface area contributed by atoms with Crippen LogP contribution >= 0.6 is 0 Å². The van der Waals surface area contributed by atoms with Crippen LogP contribution < -0.4 is 10.1 Å². The van der Waals surface area contributed by atoms with Crippen molar-refractivity contribution in [1.82, 2.24) is 15.0 Å². The topological polar surface area (TPSA) is 80.2 Å². The summed E-state index contributed by atoms with van der Waals surface area (Å²) in [5, 5.41) is 12.6. The highest BCUT2D eigenvalue weighted by Crippen LogP contribution is 2.23. The number of hydrogen-bond acceptors (Lipinski definition) is 6. The van der Waals surface area contributed by atoms with E-state index < -0.39 is 0 Å². The first kappa shape index (κ1) is 17.1. The third-order valence-electron chi connectivity index (χ3n) is 3.50. The molecule has 0 aliphatic rings. The quantitative estimate of drug-likeness (QED) is 0.701. The Bertz CT molecular complexity index is 566. The highest BCUT2D eigenvalue weighted by molar-refractivity contribution is 5.48. The summed E-state index contributed by atoms with van der Waals surface area (Å²) in [6.45, 7) is 2.67. The van der Waals surface area contributed by atoms with E-state index in [1.807, 2.05) is 18.2 Å². The van der Waals surface area contributed by atoms with E-state index in [0.717, 1.165) is 25.0 Å². The lowest BCUT2D eigenvalue weighted by Gasteiger charge is -2.19. The lowest BCUT2D eigenvalue weighted by atomic mass is 10.1. The zero-order valence-electron chi connectivity index (χ0n) is 13.5. The van der Waals surface area contributed by atoms with Gasteiger partial charge in [0.1, 0.15) is 12.9 Å². The van der Waals surface area contributed by atoms with Crippen molar-refractivity contribution < 1.29 is 9.84 Å². The fraction of sp³-hybridized carbons (Fsp3) is 0.471. The van der Waals surface area contributed by atoms with Crippen LogP contribution in [-0.4, -0.2) is 32.7 Å². The normalized spacial score (nSPS) is 11.9. The van der Waals surface area contributed by atoms with E-state index in [-0.39, 0.29) is 12.6 Å². The largest absolute Gasteiger partial charge is 0.482 e. The average Bonchev–Trinajstić information content (AvgIpc) is 2.60. The lowest BCUT2D eigenvalue weighted by Crippen LogP contribution is -2.22. The molecule has 0 aliphatic carbocycles. The van der Waals surface area contributed by atoms with Crippen LogP contribution in [0.4, 0.5) is 5.82 Å². The maximum atomic E-state index is 9.22. The van der Waals surface area contributed by atoms with Gasteiger partial charge in [0.2, 0.25) is 0 Å². The summed E-state index contributed by atoms with van der Waals surface area (Å²) in [5.41, 5.74) is 0.847. The highest BCUT2D eigenvalue weighted by atomic mass is 16.5. The molecule has 2 N–H and O–H groups in total. The number of aliphatic hydroxyl groups excluding tert-OH is 1. The smallest absolute Gasteiger partial charge is 0.180 e. The first-order valence-corrected chi connectivity index (χ1v) is 8.03. The second-order valence-corrected chi connectivity index (χ2v) is 5.34. The van der Waals surface area contributed by atoms with Gasteiger partial charge < -0.3 is 15.2 Å². The molecule has 0 aromatic carbocycles. The molecule has 6 heteroatoms. The Labute approximate surface area is 137 Å². The first-order chi connectivity index (χ1) is 11.3. The number of anilines is 1. The molecule has 0 saturated carbocycles. The Balaban J connectivity index is 2.00. The van der Waals surface area contributed by atoms with E-state index in [2.05, 4.69) is 27.2 Å². The molecule has 0 unspecified atom stereocenters. The van der Waals surface area contributed by atoms with Gasteiger partial charge >= 0.3 is 0 Å². The molecular weight excluding hydrogens is 292 g/mol.